The van der Waals surface area contributed by atoms with Crippen LogP contribution in [0.4, 0.5) is 4.39 Å². The van der Waals surface area contributed by atoms with Crippen LogP contribution in [0.25, 0.3) is 0 Å². The molecule has 0 saturated carbocycles. The van der Waals surface area contributed by atoms with Crippen LogP contribution in [0.15, 0.2) is 78.9 Å². The summed E-state index contributed by atoms with van der Waals surface area (Å²) in [7, 11) is -3.40. The van der Waals surface area contributed by atoms with E-state index in [0.29, 0.717) is 21.9 Å². The van der Waals surface area contributed by atoms with Crippen molar-refractivity contribution in [3.8, 4) is 11.8 Å². The molecule has 0 radical (unpaired) electrons. The molecule has 1 aliphatic heterocycles. The van der Waals surface area contributed by atoms with Crippen LogP contribution < -0.4 is 20.4 Å². The second-order valence-electron chi connectivity index (χ2n) is 6.65. The summed E-state index contributed by atoms with van der Waals surface area (Å²) < 4.78 is 34.0. The fourth-order valence-electron chi connectivity index (χ4n) is 3.49. The summed E-state index contributed by atoms with van der Waals surface area (Å²) in [5.74, 6) is -0.0469. The molecule has 6 heteroatoms. The summed E-state index contributed by atoms with van der Waals surface area (Å²) in [6.45, 7) is 0.267. The van der Waals surface area contributed by atoms with E-state index in [0.717, 1.165) is 0 Å². The van der Waals surface area contributed by atoms with Gasteiger partial charge in [0.05, 0.1) is 12.7 Å². The molecule has 4 rings (SSSR count). The fraction of sp³-hybridized carbons (Fsp3) is 0.136. The average molecular weight is 392 g/mol. The highest BCUT2D eigenvalue weighted by molar-refractivity contribution is 7.77. The molecular formula is C22H18FN2O2P. The first-order chi connectivity index (χ1) is 13.6. The Morgan fingerprint density at radius 1 is 1.00 bits per heavy atom. The quantitative estimate of drug-likeness (QED) is 0.686. The Hall–Kier alpha value is -2.93. The lowest BCUT2D eigenvalue weighted by Crippen LogP contribution is -2.46. The maximum Gasteiger partial charge on any atom is 0.206 e. The molecule has 0 amide bonds. The lowest BCUT2D eigenvalue weighted by molar-refractivity contribution is 0.235. The zero-order valence-electron chi connectivity index (χ0n) is 15.0. The minimum Gasteiger partial charge on any atom is -0.493 e. The predicted octanol–water partition coefficient (Wildman–Crippen LogP) is 3.85. The number of nitriles is 1. The molecular weight excluding hydrogens is 374 g/mol. The van der Waals surface area contributed by atoms with E-state index < -0.39 is 18.6 Å². The molecule has 4 nitrogen and oxygen atoms in total. The van der Waals surface area contributed by atoms with Crippen LogP contribution >= 0.6 is 7.29 Å². The Labute approximate surface area is 163 Å². The van der Waals surface area contributed by atoms with Crippen molar-refractivity contribution in [1.82, 2.24) is 5.09 Å². The zero-order chi connectivity index (χ0) is 19.6. The van der Waals surface area contributed by atoms with E-state index in [2.05, 4.69) is 11.2 Å². The predicted molar refractivity (Wildman–Crippen MR) is 107 cm³/mol. The second-order valence-corrected chi connectivity index (χ2v) is 9.12. The third-order valence-corrected chi connectivity index (χ3v) is 7.66. The Balaban J connectivity index is 1.90. The molecule has 0 saturated heterocycles. The molecule has 0 bridgehead atoms. The van der Waals surface area contributed by atoms with Crippen LogP contribution in [0.2, 0.25) is 0 Å². The maximum atomic E-state index is 14.3. The van der Waals surface area contributed by atoms with Crippen LogP contribution in [0.3, 0.4) is 0 Å². The lowest BCUT2D eigenvalue weighted by atomic mass is 9.87. The Morgan fingerprint density at radius 2 is 1.61 bits per heavy atom. The van der Waals surface area contributed by atoms with E-state index in [4.69, 9.17) is 4.74 Å². The van der Waals surface area contributed by atoms with Gasteiger partial charge in [-0.1, -0.05) is 36.4 Å². The van der Waals surface area contributed by atoms with Gasteiger partial charge in [0.2, 0.25) is 7.29 Å². The van der Waals surface area contributed by atoms with Gasteiger partial charge in [0.25, 0.3) is 0 Å². The molecule has 1 atom stereocenters. The van der Waals surface area contributed by atoms with Gasteiger partial charge in [-0.05, 0) is 42.5 Å². The van der Waals surface area contributed by atoms with Gasteiger partial charge in [0.1, 0.15) is 17.1 Å². The first-order valence-electron chi connectivity index (χ1n) is 8.92. The number of halogens is 1. The first kappa shape index (κ1) is 18.4. The molecule has 0 spiro atoms. The van der Waals surface area contributed by atoms with Crippen LogP contribution in [-0.2, 0) is 10.1 Å². The normalized spacial score (nSPS) is 18.6. The number of ether oxygens (including phenoxy) is 1. The Kier molecular flexibility index (Phi) is 4.77. The number of fused-ring (bicyclic) bond motifs is 1. The van der Waals surface area contributed by atoms with E-state index in [9.17, 15) is 14.2 Å². The number of rotatable bonds is 4. The number of benzene rings is 3. The highest BCUT2D eigenvalue weighted by Crippen LogP contribution is 2.47. The van der Waals surface area contributed by atoms with E-state index in [1.807, 2.05) is 36.4 Å². The summed E-state index contributed by atoms with van der Waals surface area (Å²) in [5, 5.41) is 14.5. The third kappa shape index (κ3) is 3.11. The van der Waals surface area contributed by atoms with Gasteiger partial charge in [0.15, 0.2) is 0 Å². The molecule has 3 aromatic rings. The second kappa shape index (κ2) is 7.24. The van der Waals surface area contributed by atoms with Gasteiger partial charge in [-0.2, -0.15) is 5.26 Å². The molecule has 3 aromatic carbocycles. The van der Waals surface area contributed by atoms with Gasteiger partial charge in [0, 0.05) is 22.6 Å². The minimum absolute atomic E-state index is 0.254. The van der Waals surface area contributed by atoms with E-state index >= 15 is 0 Å². The largest absolute Gasteiger partial charge is 0.493 e. The minimum atomic E-state index is -3.40. The van der Waals surface area contributed by atoms with Crippen molar-refractivity contribution < 1.29 is 13.7 Å². The van der Waals surface area contributed by atoms with Gasteiger partial charge in [-0.25, -0.2) is 9.48 Å². The number of hydrogen-bond acceptors (Lipinski definition) is 3. The van der Waals surface area contributed by atoms with Gasteiger partial charge >= 0.3 is 0 Å². The van der Waals surface area contributed by atoms with Gasteiger partial charge < -0.3 is 4.74 Å². The Morgan fingerprint density at radius 3 is 2.18 bits per heavy atom. The van der Waals surface area contributed by atoms with Crippen LogP contribution in [0.5, 0.6) is 5.75 Å². The monoisotopic (exact) mass is 392 g/mol. The standard InChI is InChI=1S/C22H18FN2O2P/c23-17-11-12-21-20(15-17)22(16-24,13-14-27-21)25-28(26,18-7-3-1-4-8-18)19-9-5-2-6-10-19/h1-12,15H,13-14H2,(H,25,26)/t22-/m0/s1. The summed E-state index contributed by atoms with van der Waals surface area (Å²) in [5.41, 5.74) is -0.968. The molecule has 28 heavy (non-hydrogen) atoms. The summed E-state index contributed by atoms with van der Waals surface area (Å²) in [6.07, 6.45) is 0.254. The number of hydrogen-bond donors (Lipinski definition) is 1. The topological polar surface area (TPSA) is 62.1 Å². The summed E-state index contributed by atoms with van der Waals surface area (Å²) in [6, 6.07) is 24.4. The lowest BCUT2D eigenvalue weighted by Gasteiger charge is -2.37. The van der Waals surface area contributed by atoms with Crippen LogP contribution in [-0.4, -0.2) is 6.61 Å². The van der Waals surface area contributed by atoms with Crippen molar-refractivity contribution in [2.45, 2.75) is 12.0 Å². The summed E-state index contributed by atoms with van der Waals surface area (Å²) >= 11 is 0. The van der Waals surface area contributed by atoms with Crippen molar-refractivity contribution in [1.29, 1.82) is 5.26 Å². The van der Waals surface area contributed by atoms with E-state index in [1.54, 1.807) is 24.3 Å². The maximum absolute atomic E-state index is 14.3. The molecule has 0 unspecified atom stereocenters. The van der Waals surface area contributed by atoms with Crippen molar-refractivity contribution in [2.24, 2.45) is 0 Å². The van der Waals surface area contributed by atoms with Crippen molar-refractivity contribution in [3.63, 3.8) is 0 Å². The van der Waals surface area contributed by atoms with E-state index in [1.165, 1.54) is 18.2 Å². The SMILES string of the molecule is N#C[C@@]1(NP(=O)(c2ccccc2)c2ccccc2)CCOc2ccc(F)cc21. The fourth-order valence-corrected chi connectivity index (χ4v) is 6.05. The smallest absolute Gasteiger partial charge is 0.206 e. The van der Waals surface area contributed by atoms with Crippen molar-refractivity contribution in [3.05, 3.63) is 90.2 Å². The average Bonchev–Trinajstić information content (AvgIpc) is 2.75. The molecule has 0 fully saturated rings. The summed E-state index contributed by atoms with van der Waals surface area (Å²) in [4.78, 5) is 0. The molecule has 1 aliphatic rings. The van der Waals surface area contributed by atoms with Crippen molar-refractivity contribution in [2.75, 3.05) is 6.61 Å². The Bertz CT molecular complexity index is 1040. The molecule has 1 heterocycles. The molecule has 140 valence electrons. The van der Waals surface area contributed by atoms with Crippen LogP contribution in [0.1, 0.15) is 12.0 Å². The molecule has 0 aromatic heterocycles. The van der Waals surface area contributed by atoms with Crippen molar-refractivity contribution >= 4 is 17.9 Å². The van der Waals surface area contributed by atoms with Crippen LogP contribution in [0, 0.1) is 17.1 Å². The highest BCUT2D eigenvalue weighted by atomic mass is 31.2. The zero-order valence-corrected chi connectivity index (χ0v) is 15.9. The van der Waals surface area contributed by atoms with E-state index in [-0.39, 0.29) is 13.0 Å². The molecule has 1 N–H and O–H groups in total. The number of nitrogens with zero attached hydrogens (tertiary/aromatic N) is 1. The van der Waals surface area contributed by atoms with Gasteiger partial charge in [-0.3, -0.25) is 4.57 Å². The highest BCUT2D eigenvalue weighted by Gasteiger charge is 2.44. The first-order valence-corrected chi connectivity index (χ1v) is 10.6. The molecule has 0 aliphatic carbocycles. The van der Waals surface area contributed by atoms with Gasteiger partial charge in [-0.15, -0.1) is 0 Å². The number of nitrogens with one attached hydrogen (secondary N) is 1. The third-order valence-electron chi connectivity index (χ3n) is 4.91.